The summed E-state index contributed by atoms with van der Waals surface area (Å²) in [5.74, 6) is -0.220. The van der Waals surface area contributed by atoms with Crippen molar-refractivity contribution >= 4 is 23.1 Å². The summed E-state index contributed by atoms with van der Waals surface area (Å²) in [5, 5.41) is 11.3. The highest BCUT2D eigenvalue weighted by Crippen LogP contribution is 2.41. The van der Waals surface area contributed by atoms with E-state index in [1.165, 1.54) is 5.56 Å². The predicted molar refractivity (Wildman–Crippen MR) is 130 cm³/mol. The third-order valence-electron chi connectivity index (χ3n) is 6.54. The third-order valence-corrected chi connectivity index (χ3v) is 6.54. The Bertz CT molecular complexity index is 1090. The Balaban J connectivity index is 1.82. The SMILES string of the molecule is CCCCN1C(=O)C(=O)/C(=C(\O)c2ccc3c(c2)N(C)CCO3)C1c1ccc(C(C)C)cc1. The van der Waals surface area contributed by atoms with E-state index in [9.17, 15) is 14.7 Å². The zero-order chi connectivity index (χ0) is 23.7. The quantitative estimate of drug-likeness (QED) is 0.388. The summed E-state index contributed by atoms with van der Waals surface area (Å²) in [5.41, 5.74) is 3.51. The number of likely N-dealkylation sites (N-methyl/N-ethyl adjacent to an activating group) is 1. The molecule has 1 N–H and O–H groups in total. The minimum absolute atomic E-state index is 0.146. The molecule has 0 aromatic heterocycles. The number of nitrogens with zero attached hydrogens (tertiary/aromatic N) is 2. The summed E-state index contributed by atoms with van der Waals surface area (Å²) in [6.07, 6.45) is 1.69. The molecule has 6 nitrogen and oxygen atoms in total. The van der Waals surface area contributed by atoms with E-state index < -0.39 is 17.7 Å². The van der Waals surface area contributed by atoms with Crippen molar-refractivity contribution in [3.05, 3.63) is 64.7 Å². The molecule has 2 aromatic rings. The number of rotatable bonds is 6. The summed E-state index contributed by atoms with van der Waals surface area (Å²) in [4.78, 5) is 29.8. The van der Waals surface area contributed by atoms with Crippen LogP contribution in [0.3, 0.4) is 0 Å². The minimum Gasteiger partial charge on any atom is -0.507 e. The average molecular weight is 449 g/mol. The van der Waals surface area contributed by atoms with Gasteiger partial charge in [-0.15, -0.1) is 0 Å². The molecule has 0 radical (unpaired) electrons. The Hall–Kier alpha value is -3.28. The van der Waals surface area contributed by atoms with Gasteiger partial charge in [0.2, 0.25) is 0 Å². The van der Waals surface area contributed by atoms with Gasteiger partial charge in [0.1, 0.15) is 18.1 Å². The summed E-state index contributed by atoms with van der Waals surface area (Å²) in [7, 11) is 1.96. The topological polar surface area (TPSA) is 70.1 Å². The number of benzene rings is 2. The second-order valence-electron chi connectivity index (χ2n) is 9.12. The summed E-state index contributed by atoms with van der Waals surface area (Å²) < 4.78 is 5.71. The molecule has 2 aromatic carbocycles. The number of aliphatic hydroxyl groups excluding tert-OH is 1. The Morgan fingerprint density at radius 1 is 1.15 bits per heavy atom. The first-order valence-corrected chi connectivity index (χ1v) is 11.7. The number of unbranched alkanes of at least 4 members (excludes halogenated alkanes) is 1. The van der Waals surface area contributed by atoms with Crippen LogP contribution in [-0.4, -0.2) is 48.4 Å². The van der Waals surface area contributed by atoms with Crippen molar-refractivity contribution < 1.29 is 19.4 Å². The van der Waals surface area contributed by atoms with Crippen molar-refractivity contribution in [2.45, 2.75) is 45.6 Å². The summed E-state index contributed by atoms with van der Waals surface area (Å²) in [6, 6.07) is 12.8. The van der Waals surface area contributed by atoms with Gasteiger partial charge in [-0.25, -0.2) is 0 Å². The fourth-order valence-corrected chi connectivity index (χ4v) is 4.50. The van der Waals surface area contributed by atoms with Gasteiger partial charge in [0.25, 0.3) is 11.7 Å². The number of fused-ring (bicyclic) bond motifs is 1. The molecule has 0 aliphatic carbocycles. The Labute approximate surface area is 195 Å². The number of ether oxygens (including phenoxy) is 1. The lowest BCUT2D eigenvalue weighted by molar-refractivity contribution is -0.139. The Morgan fingerprint density at radius 2 is 1.88 bits per heavy atom. The van der Waals surface area contributed by atoms with Crippen LogP contribution in [0.4, 0.5) is 5.69 Å². The number of carbonyl (C=O) groups excluding carboxylic acids is 2. The molecule has 174 valence electrons. The molecule has 33 heavy (non-hydrogen) atoms. The number of carbonyl (C=O) groups is 2. The van der Waals surface area contributed by atoms with Crippen LogP contribution in [0.15, 0.2) is 48.0 Å². The van der Waals surface area contributed by atoms with E-state index in [4.69, 9.17) is 4.74 Å². The second kappa shape index (κ2) is 9.30. The molecule has 1 unspecified atom stereocenters. The molecule has 2 heterocycles. The maximum absolute atomic E-state index is 13.2. The predicted octanol–water partition coefficient (Wildman–Crippen LogP) is 4.86. The van der Waals surface area contributed by atoms with Gasteiger partial charge < -0.3 is 19.6 Å². The van der Waals surface area contributed by atoms with E-state index >= 15 is 0 Å². The highest BCUT2D eigenvalue weighted by atomic mass is 16.5. The molecular weight excluding hydrogens is 416 g/mol. The van der Waals surface area contributed by atoms with Crippen LogP contribution in [-0.2, 0) is 9.59 Å². The van der Waals surface area contributed by atoms with Gasteiger partial charge in [-0.2, -0.15) is 0 Å². The molecule has 0 saturated carbocycles. The van der Waals surface area contributed by atoms with Crippen molar-refractivity contribution in [3.8, 4) is 5.75 Å². The van der Waals surface area contributed by atoms with Gasteiger partial charge in [-0.05, 0) is 41.7 Å². The van der Waals surface area contributed by atoms with E-state index in [0.29, 0.717) is 24.6 Å². The van der Waals surface area contributed by atoms with Crippen molar-refractivity contribution in [1.82, 2.24) is 4.90 Å². The Kier molecular flexibility index (Phi) is 6.45. The highest BCUT2D eigenvalue weighted by molar-refractivity contribution is 6.46. The number of hydrogen-bond donors (Lipinski definition) is 1. The fraction of sp³-hybridized carbons (Fsp3) is 0.407. The lowest BCUT2D eigenvalue weighted by Gasteiger charge is -2.28. The molecule has 6 heteroatoms. The van der Waals surface area contributed by atoms with Crippen LogP contribution < -0.4 is 9.64 Å². The van der Waals surface area contributed by atoms with E-state index in [0.717, 1.165) is 36.4 Å². The lowest BCUT2D eigenvalue weighted by Crippen LogP contribution is -2.30. The van der Waals surface area contributed by atoms with Crippen LogP contribution in [0, 0.1) is 0 Å². The molecule has 1 atom stereocenters. The number of amides is 1. The van der Waals surface area contributed by atoms with E-state index in [-0.39, 0.29) is 11.3 Å². The first-order valence-electron chi connectivity index (χ1n) is 11.7. The van der Waals surface area contributed by atoms with Crippen LogP contribution in [0.5, 0.6) is 5.75 Å². The molecule has 2 aliphatic heterocycles. The standard InChI is InChI=1S/C27H32N2O4/c1-5-6-13-29-24(19-9-7-18(8-10-19)17(2)3)23(26(31)27(29)32)25(30)20-11-12-22-21(16-20)28(4)14-15-33-22/h7-12,16-17,24,30H,5-6,13-15H2,1-4H3/b25-23-. The molecule has 1 saturated heterocycles. The molecule has 4 rings (SSSR count). The molecule has 0 spiro atoms. The smallest absolute Gasteiger partial charge is 0.295 e. The average Bonchev–Trinajstić information content (AvgIpc) is 3.07. The Morgan fingerprint density at radius 3 is 2.55 bits per heavy atom. The first-order chi connectivity index (χ1) is 15.8. The maximum Gasteiger partial charge on any atom is 0.295 e. The van der Waals surface area contributed by atoms with Gasteiger partial charge >= 0.3 is 0 Å². The fourth-order valence-electron chi connectivity index (χ4n) is 4.50. The number of aliphatic hydroxyl groups is 1. The first kappa shape index (κ1) is 22.9. The van der Waals surface area contributed by atoms with E-state index in [1.54, 1.807) is 17.0 Å². The summed E-state index contributed by atoms with van der Waals surface area (Å²) in [6.45, 7) is 8.10. The monoisotopic (exact) mass is 448 g/mol. The van der Waals surface area contributed by atoms with Crippen molar-refractivity contribution in [2.24, 2.45) is 0 Å². The lowest BCUT2D eigenvalue weighted by atomic mass is 9.93. The maximum atomic E-state index is 13.2. The van der Waals surface area contributed by atoms with Crippen LogP contribution in [0.2, 0.25) is 0 Å². The van der Waals surface area contributed by atoms with E-state index in [2.05, 4.69) is 25.7 Å². The van der Waals surface area contributed by atoms with Gasteiger partial charge in [-0.1, -0.05) is 51.5 Å². The number of hydrogen-bond acceptors (Lipinski definition) is 5. The van der Waals surface area contributed by atoms with Crippen molar-refractivity contribution in [1.29, 1.82) is 0 Å². The normalized spacial score (nSPS) is 19.7. The second-order valence-corrected chi connectivity index (χ2v) is 9.12. The third kappa shape index (κ3) is 4.22. The number of Topliss-reactive ketones (excluding diaryl/α,β-unsaturated/α-hetero) is 1. The van der Waals surface area contributed by atoms with Gasteiger partial charge in [0.05, 0.1) is 23.8 Å². The number of likely N-dealkylation sites (tertiary alicyclic amines) is 1. The zero-order valence-corrected chi connectivity index (χ0v) is 19.8. The number of ketones is 1. The molecule has 0 bridgehead atoms. The minimum atomic E-state index is -0.635. The van der Waals surface area contributed by atoms with Gasteiger partial charge in [0.15, 0.2) is 0 Å². The van der Waals surface area contributed by atoms with Crippen molar-refractivity contribution in [3.63, 3.8) is 0 Å². The summed E-state index contributed by atoms with van der Waals surface area (Å²) >= 11 is 0. The largest absolute Gasteiger partial charge is 0.507 e. The number of anilines is 1. The van der Waals surface area contributed by atoms with Gasteiger partial charge in [-0.3, -0.25) is 9.59 Å². The van der Waals surface area contributed by atoms with Gasteiger partial charge in [0, 0.05) is 19.2 Å². The van der Waals surface area contributed by atoms with Crippen molar-refractivity contribution in [2.75, 3.05) is 31.6 Å². The molecule has 2 aliphatic rings. The zero-order valence-electron chi connectivity index (χ0n) is 19.8. The molecule has 1 fully saturated rings. The van der Waals surface area contributed by atoms with E-state index in [1.807, 2.05) is 37.4 Å². The van der Waals surface area contributed by atoms with Crippen LogP contribution in [0.25, 0.3) is 5.76 Å². The highest BCUT2D eigenvalue weighted by Gasteiger charge is 2.45. The van der Waals surface area contributed by atoms with Crippen LogP contribution >= 0.6 is 0 Å². The van der Waals surface area contributed by atoms with Crippen LogP contribution in [0.1, 0.15) is 62.3 Å². The molecular formula is C27H32N2O4. The molecule has 1 amide bonds.